The Bertz CT molecular complexity index is 4100. The van der Waals surface area contributed by atoms with E-state index in [4.69, 9.17) is 85.3 Å². The number of fused-ring (bicyclic) bond motifs is 7. The SMILES string of the molecule is CCC(C)C(CC(O)CC(=O)O[C@@H]1[C@H](O)[C@@H](O[C@@H]2O[C@@H](C)[C@H](O[C@@H]3OC[C@@H](O)[C@H](O[C@@H]4OC[C@](O)(CO)[C@H]4O)[C@H]3O)[C@@H](O)[C@H]2O)[C@H](OC(=O)[C@]23CCC(C)(C)CC2C2=CCC4[C@@]5(C)CC[C@H](O[C@@H]6O[C@H](C(=O)O)[C@@H](O)[C@H](O[C@@H]7OC[C@@H](O)[C@H](O)[C@H]7O)[C@H]6O[C@@H]6O[C@H](CO)[C@H](O)[C@H](O)[C@H]6O)[C@@](C)(C=O)C5CC[C@@]4(C)[C@]2(C)C[C@H]3O)O[C@@H]1C)OC(=O)CC(O)CC(O[C@@H]1O[C@@H](CO)[C@H](O)[C@H]1O)C(C)CC. The summed E-state index contributed by atoms with van der Waals surface area (Å²) in [5.41, 5.74) is -7.70. The van der Waals surface area contributed by atoms with E-state index in [-0.39, 0.29) is 43.9 Å². The molecule has 13 aliphatic rings. The molecule has 0 aromatic carbocycles. The molecule has 0 bridgehead atoms. The van der Waals surface area contributed by atoms with Crippen molar-refractivity contribution < 1.29 is 227 Å². The van der Waals surface area contributed by atoms with E-state index < -0.39 is 378 Å². The van der Waals surface area contributed by atoms with Crippen molar-refractivity contribution in [2.24, 2.45) is 62.1 Å². The van der Waals surface area contributed by atoms with Gasteiger partial charge in [-0.05, 0) is 123 Å². The van der Waals surface area contributed by atoms with Gasteiger partial charge < -0.3 is 208 Å². The van der Waals surface area contributed by atoms with Crippen LogP contribution in [0.15, 0.2) is 11.6 Å². The zero-order valence-electron chi connectivity index (χ0n) is 79.7. The first kappa shape index (κ1) is 111. The molecule has 23 N–H and O–H groups in total. The number of carbonyl (C=O) groups is 5. The molecule has 46 nitrogen and oxygen atoms in total. The minimum absolute atomic E-state index is 0.0127. The van der Waals surface area contributed by atoms with Crippen LogP contribution in [0.4, 0.5) is 0 Å². The number of allylic oxidation sites excluding steroid dienone is 2. The normalized spacial score (nSPS) is 48.7. The van der Waals surface area contributed by atoms with E-state index in [1.54, 1.807) is 27.7 Å². The third-order valence-corrected chi connectivity index (χ3v) is 33.3. The van der Waals surface area contributed by atoms with E-state index in [1.807, 2.05) is 20.8 Å². The molecule has 51 atom stereocenters. The number of aliphatic hydroxyl groups excluding tert-OH is 21. The molecule has 0 aromatic rings. The Hall–Kier alpha value is -4.19. The number of hydrogen-bond acceptors (Lipinski definition) is 45. The number of aldehydes is 1. The molecule has 8 aliphatic heterocycles. The zero-order valence-corrected chi connectivity index (χ0v) is 79.7. The van der Waals surface area contributed by atoms with Gasteiger partial charge in [0, 0.05) is 12.8 Å². The molecule has 8 saturated heterocycles. The molecule has 12 fully saturated rings. The van der Waals surface area contributed by atoms with Crippen LogP contribution in [0.5, 0.6) is 0 Å². The quantitative estimate of drug-likeness (QED) is 0.00924. The summed E-state index contributed by atoms with van der Waals surface area (Å²) in [4.78, 5) is 72.1. The fourth-order valence-electron chi connectivity index (χ4n) is 24.1. The smallest absolute Gasteiger partial charge is 0.335 e. The average Bonchev–Trinajstić information content (AvgIpc) is 0.707. The van der Waals surface area contributed by atoms with Crippen molar-refractivity contribution in [1.82, 2.24) is 0 Å². The van der Waals surface area contributed by atoms with E-state index in [9.17, 15) is 137 Å². The zero-order chi connectivity index (χ0) is 101. The minimum atomic E-state index is -2.27. The second kappa shape index (κ2) is 44.1. The van der Waals surface area contributed by atoms with Gasteiger partial charge in [-0.1, -0.05) is 93.7 Å². The standard InChI is InChI=1S/C92H148O46/c1-13-36(3)46(126-54(102)25-41(98)24-47(37(4)14-2)127-80-62(110)58(106)49(30-94)128-80)23-40(97)26-55(103)131-69-39(6)125-82(73(65(69)113)136-79-64(112)60(108)68(38(5)124-79)132-78-67(115)70(45(100)32-122-78)133-84-75(116)91(120,34-96)35-123-84)138-85(119)92-22-21-86(7,8)27-43(92)42-15-16-51-87(9)19-18-53(88(10,33-95)50(87)17-20-89(51,11)90(42,12)28-52(92)101)130-83-74(137-81-63(111)59(107)57(105)48(29-93)129-81)71(66(114)72(135-83)76(117)118)134-77-61(109)56(104)44(99)31-121-77/h15,33,36-41,43-53,56-75,77-84,93-94,96-101,104-116,120H,13-14,16-32,34-35H2,1-12H3,(H,117,118)/t36?,37?,38-,39+,40?,41?,43?,44+,45+,46?,47?,48+,49-,50?,51?,52+,53-,56-,57-,58-,59-,60-,61+,62+,63+,64+,65-,66-,67+,68-,69-,70-,71-,72-,73+,74+,75-,77-,78-,79-,80+,81-,82-,83+,84-,87-,88-,89+,90+,91+,92+/m0/s1. The predicted molar refractivity (Wildman–Crippen MR) is 458 cm³/mol. The van der Waals surface area contributed by atoms with Crippen LogP contribution in [-0.4, -0.2) is 439 Å². The molecule has 0 spiro atoms. The van der Waals surface area contributed by atoms with E-state index in [0.29, 0.717) is 51.4 Å². The molecular weight excluding hydrogens is 1840 g/mol. The summed E-state index contributed by atoms with van der Waals surface area (Å²) in [6.45, 7) is 17.6. The van der Waals surface area contributed by atoms with Crippen LogP contribution in [0.3, 0.4) is 0 Å². The van der Waals surface area contributed by atoms with Crippen molar-refractivity contribution >= 4 is 30.2 Å². The van der Waals surface area contributed by atoms with Gasteiger partial charge in [-0.2, -0.15) is 0 Å². The first-order valence-corrected chi connectivity index (χ1v) is 48.3. The molecule has 8 heterocycles. The van der Waals surface area contributed by atoms with Crippen LogP contribution in [0, 0.1) is 62.1 Å². The van der Waals surface area contributed by atoms with Crippen LogP contribution in [-0.2, 0) is 109 Å². The summed E-state index contributed by atoms with van der Waals surface area (Å²) < 4.78 is 108. The molecule has 792 valence electrons. The van der Waals surface area contributed by atoms with Gasteiger partial charge in [0.05, 0.1) is 101 Å². The Kier molecular flexibility index (Phi) is 35.5. The molecule has 0 amide bonds. The minimum Gasteiger partial charge on any atom is -0.479 e. The predicted octanol–water partition coefficient (Wildman–Crippen LogP) is -5.69. The molecule has 0 radical (unpaired) electrons. The monoisotopic (exact) mass is 1990 g/mol. The number of carboxylic acids is 1. The maximum absolute atomic E-state index is 16.4. The summed E-state index contributed by atoms with van der Waals surface area (Å²) in [6.07, 6.45) is -66.5. The highest BCUT2D eigenvalue weighted by Crippen LogP contribution is 2.76. The van der Waals surface area contributed by atoms with Crippen LogP contribution < -0.4 is 0 Å². The van der Waals surface area contributed by atoms with Crippen LogP contribution in [0.2, 0.25) is 0 Å². The number of ether oxygens (including phenoxy) is 18. The highest BCUT2D eigenvalue weighted by Gasteiger charge is 2.74. The highest BCUT2D eigenvalue weighted by molar-refractivity contribution is 5.80. The maximum atomic E-state index is 16.4. The topological polar surface area (TPSA) is 717 Å². The maximum Gasteiger partial charge on any atom is 0.335 e. The Morgan fingerprint density at radius 3 is 1.69 bits per heavy atom. The van der Waals surface area contributed by atoms with Gasteiger partial charge in [0.1, 0.15) is 152 Å². The summed E-state index contributed by atoms with van der Waals surface area (Å²) in [7, 11) is 0. The lowest BCUT2D eigenvalue weighted by molar-refractivity contribution is -0.391. The molecule has 9 unspecified atom stereocenters. The lowest BCUT2D eigenvalue weighted by atomic mass is 9.33. The first-order chi connectivity index (χ1) is 64.8. The van der Waals surface area contributed by atoms with Gasteiger partial charge in [-0.25, -0.2) is 4.79 Å². The summed E-state index contributed by atoms with van der Waals surface area (Å²) in [5, 5.41) is 256. The van der Waals surface area contributed by atoms with Crippen LogP contribution in [0.1, 0.15) is 179 Å². The summed E-state index contributed by atoms with van der Waals surface area (Å²) >= 11 is 0. The van der Waals surface area contributed by atoms with E-state index in [1.165, 1.54) is 13.8 Å². The number of aliphatic carboxylic acids is 1. The van der Waals surface area contributed by atoms with Crippen LogP contribution >= 0.6 is 0 Å². The molecule has 0 aromatic heterocycles. The Morgan fingerprint density at radius 2 is 1.06 bits per heavy atom. The van der Waals surface area contributed by atoms with Gasteiger partial charge in [0.15, 0.2) is 62.3 Å². The van der Waals surface area contributed by atoms with Crippen molar-refractivity contribution in [2.75, 3.05) is 39.6 Å². The third-order valence-electron chi connectivity index (χ3n) is 33.3. The van der Waals surface area contributed by atoms with Crippen molar-refractivity contribution in [2.45, 2.75) is 431 Å². The second-order valence-corrected chi connectivity index (χ2v) is 42.6. The van der Waals surface area contributed by atoms with E-state index in [0.717, 1.165) is 11.9 Å². The lowest BCUT2D eigenvalue weighted by Crippen LogP contribution is -2.69. The number of rotatable bonds is 35. The number of carbonyl (C=O) groups excluding carboxylic acids is 4. The molecular formula is C92H148O46. The lowest BCUT2D eigenvalue weighted by Gasteiger charge is -2.71. The number of esters is 3. The largest absolute Gasteiger partial charge is 0.479 e. The first-order valence-electron chi connectivity index (χ1n) is 48.3. The van der Waals surface area contributed by atoms with Gasteiger partial charge in [-0.3, -0.25) is 14.4 Å². The number of carboxylic acid groups (broad SMARTS) is 1. The highest BCUT2D eigenvalue weighted by atomic mass is 16.8. The Morgan fingerprint density at radius 1 is 0.507 bits per heavy atom. The second-order valence-electron chi connectivity index (χ2n) is 42.6. The van der Waals surface area contributed by atoms with Gasteiger partial charge in [0.2, 0.25) is 6.29 Å². The molecule has 13 rings (SSSR count). The Labute approximate surface area is 797 Å². The van der Waals surface area contributed by atoms with Gasteiger partial charge >= 0.3 is 23.9 Å². The number of aliphatic hydroxyl groups is 22. The molecule has 46 heteroatoms. The fourth-order valence-corrected chi connectivity index (χ4v) is 24.1. The van der Waals surface area contributed by atoms with Crippen molar-refractivity contribution in [3.63, 3.8) is 0 Å². The van der Waals surface area contributed by atoms with Crippen molar-refractivity contribution in [3.8, 4) is 0 Å². The third kappa shape index (κ3) is 21.4. The number of hydrogen-bond donors (Lipinski definition) is 23. The Balaban J connectivity index is 0.748. The van der Waals surface area contributed by atoms with Crippen molar-refractivity contribution in [3.05, 3.63) is 11.6 Å². The van der Waals surface area contributed by atoms with E-state index >= 15 is 4.79 Å². The fraction of sp³-hybridized carbons (Fsp3) is 0.924. The average molecular weight is 1990 g/mol. The molecule has 4 saturated carbocycles. The van der Waals surface area contributed by atoms with E-state index in [2.05, 4.69) is 26.8 Å². The molecule has 138 heavy (non-hydrogen) atoms. The van der Waals surface area contributed by atoms with Gasteiger partial charge in [0.25, 0.3) is 0 Å². The summed E-state index contributed by atoms with van der Waals surface area (Å²) in [5.74, 6) is -7.25. The van der Waals surface area contributed by atoms with Crippen molar-refractivity contribution in [1.29, 1.82) is 0 Å². The molecule has 5 aliphatic carbocycles. The summed E-state index contributed by atoms with van der Waals surface area (Å²) in [6, 6.07) is 0. The van der Waals surface area contributed by atoms with Gasteiger partial charge in [-0.15, -0.1) is 0 Å². The van der Waals surface area contributed by atoms with Crippen LogP contribution in [0.25, 0.3) is 0 Å².